The molecule has 3 aromatic rings. The Morgan fingerprint density at radius 2 is 1.79 bits per heavy atom. The van der Waals surface area contributed by atoms with Crippen LogP contribution in [0.3, 0.4) is 0 Å². The van der Waals surface area contributed by atoms with Gasteiger partial charge in [0.15, 0.2) is 0 Å². The van der Waals surface area contributed by atoms with Crippen molar-refractivity contribution in [1.29, 1.82) is 0 Å². The fourth-order valence-electron chi connectivity index (χ4n) is 2.72. The van der Waals surface area contributed by atoms with E-state index in [1.165, 1.54) is 26.4 Å². The van der Waals surface area contributed by atoms with Gasteiger partial charge in [0.2, 0.25) is 0 Å². The molecule has 9 heteroatoms. The van der Waals surface area contributed by atoms with Gasteiger partial charge in [-0.1, -0.05) is 41.4 Å². The molecule has 29 heavy (non-hydrogen) atoms. The van der Waals surface area contributed by atoms with E-state index in [0.29, 0.717) is 16.9 Å². The number of halogens is 1. The molecule has 2 aromatic carbocycles. The third-order valence-corrected chi connectivity index (χ3v) is 7.00. The average Bonchev–Trinajstić information content (AvgIpc) is 3.14. The van der Waals surface area contributed by atoms with Crippen LogP contribution in [0.4, 0.5) is 5.69 Å². The molecule has 1 aromatic heterocycles. The minimum absolute atomic E-state index is 0.00446. The number of ether oxygens (including phenoxy) is 2. The Morgan fingerprint density at radius 3 is 2.38 bits per heavy atom. The largest absolute Gasteiger partial charge is 0.495 e. The summed E-state index contributed by atoms with van der Waals surface area (Å²) in [7, 11) is -1.45. The van der Waals surface area contributed by atoms with E-state index in [4.69, 9.17) is 21.1 Å². The van der Waals surface area contributed by atoms with Gasteiger partial charge in [-0.15, -0.1) is 11.3 Å². The van der Waals surface area contributed by atoms with Crippen LogP contribution in [0, 0.1) is 6.92 Å². The standard InChI is InChI=1S/C20H18ClNO5S2/c1-12-4-6-13(7-5-12)15-11-28-18(20(23)27-3)19(15)29(24,25)22-14-8-9-17(26-2)16(21)10-14/h4-11,22H,1-3H3. The fourth-order valence-corrected chi connectivity index (χ4v) is 5.74. The number of carbonyl (C=O) groups is 1. The van der Waals surface area contributed by atoms with Crippen molar-refractivity contribution in [2.24, 2.45) is 0 Å². The molecule has 0 unspecified atom stereocenters. The first-order chi connectivity index (χ1) is 13.8. The Balaban J connectivity index is 2.11. The Bertz CT molecular complexity index is 1150. The molecule has 6 nitrogen and oxygen atoms in total. The molecule has 0 radical (unpaired) electrons. The molecule has 3 rings (SSSR count). The predicted octanol–water partition coefficient (Wildman–Crippen LogP) is 4.97. The number of carbonyl (C=O) groups excluding carboxylic acids is 1. The number of sulfonamides is 1. The van der Waals surface area contributed by atoms with Gasteiger partial charge >= 0.3 is 5.97 Å². The van der Waals surface area contributed by atoms with Crippen LogP contribution < -0.4 is 9.46 Å². The number of anilines is 1. The van der Waals surface area contributed by atoms with Crippen LogP contribution >= 0.6 is 22.9 Å². The molecule has 0 bridgehead atoms. The summed E-state index contributed by atoms with van der Waals surface area (Å²) in [4.78, 5) is 12.1. The number of thiophene rings is 1. The Morgan fingerprint density at radius 1 is 1.10 bits per heavy atom. The molecule has 0 fully saturated rings. The van der Waals surface area contributed by atoms with Crippen molar-refractivity contribution in [3.05, 3.63) is 63.3 Å². The monoisotopic (exact) mass is 451 g/mol. The number of esters is 1. The zero-order valence-electron chi connectivity index (χ0n) is 15.9. The van der Waals surface area contributed by atoms with E-state index in [1.54, 1.807) is 11.4 Å². The minimum Gasteiger partial charge on any atom is -0.495 e. The summed E-state index contributed by atoms with van der Waals surface area (Å²) in [6, 6.07) is 11.9. The van der Waals surface area contributed by atoms with Crippen LogP contribution in [0.15, 0.2) is 52.7 Å². The van der Waals surface area contributed by atoms with Crippen molar-refractivity contribution >= 4 is 44.6 Å². The molecule has 0 atom stereocenters. The van der Waals surface area contributed by atoms with Crippen molar-refractivity contribution in [2.75, 3.05) is 18.9 Å². The highest BCUT2D eigenvalue weighted by atomic mass is 35.5. The highest BCUT2D eigenvalue weighted by molar-refractivity contribution is 7.93. The number of benzene rings is 2. The Kier molecular flexibility index (Phi) is 6.16. The predicted molar refractivity (Wildman–Crippen MR) is 115 cm³/mol. The van der Waals surface area contributed by atoms with Gasteiger partial charge in [-0.2, -0.15) is 0 Å². The highest BCUT2D eigenvalue weighted by Crippen LogP contribution is 2.37. The molecular weight excluding hydrogens is 434 g/mol. The molecule has 1 N–H and O–H groups in total. The SMILES string of the molecule is COC(=O)c1scc(-c2ccc(C)cc2)c1S(=O)(=O)Nc1ccc(OC)c(Cl)c1. The average molecular weight is 452 g/mol. The van der Waals surface area contributed by atoms with E-state index in [9.17, 15) is 13.2 Å². The smallest absolute Gasteiger partial charge is 0.349 e. The lowest BCUT2D eigenvalue weighted by Gasteiger charge is -2.12. The molecule has 0 aliphatic heterocycles. The summed E-state index contributed by atoms with van der Waals surface area (Å²) in [6.07, 6.45) is 0. The van der Waals surface area contributed by atoms with E-state index in [-0.39, 0.29) is 20.5 Å². The lowest BCUT2D eigenvalue weighted by molar-refractivity contribution is 0.0602. The minimum atomic E-state index is -4.12. The molecule has 152 valence electrons. The van der Waals surface area contributed by atoms with E-state index < -0.39 is 16.0 Å². The maximum Gasteiger partial charge on any atom is 0.349 e. The van der Waals surface area contributed by atoms with Crippen LogP contribution in [0.1, 0.15) is 15.2 Å². The van der Waals surface area contributed by atoms with Crippen LogP contribution in [0.2, 0.25) is 5.02 Å². The first kappa shape index (κ1) is 21.2. The summed E-state index contributed by atoms with van der Waals surface area (Å²) in [5.41, 5.74) is 2.37. The summed E-state index contributed by atoms with van der Waals surface area (Å²) in [5, 5.41) is 1.89. The highest BCUT2D eigenvalue weighted by Gasteiger charge is 2.30. The molecule has 0 aliphatic rings. The maximum atomic E-state index is 13.2. The van der Waals surface area contributed by atoms with Crippen molar-refractivity contribution in [3.63, 3.8) is 0 Å². The van der Waals surface area contributed by atoms with E-state index in [0.717, 1.165) is 16.9 Å². The zero-order chi connectivity index (χ0) is 21.2. The molecule has 0 spiro atoms. The van der Waals surface area contributed by atoms with Gasteiger partial charge in [0, 0.05) is 10.9 Å². The quantitative estimate of drug-likeness (QED) is 0.535. The second kappa shape index (κ2) is 8.44. The lowest BCUT2D eigenvalue weighted by Crippen LogP contribution is -2.16. The first-order valence-corrected chi connectivity index (χ1v) is 11.1. The second-order valence-corrected chi connectivity index (χ2v) is 9.03. The van der Waals surface area contributed by atoms with Gasteiger partial charge < -0.3 is 9.47 Å². The van der Waals surface area contributed by atoms with Gasteiger partial charge in [0.05, 0.1) is 24.9 Å². The van der Waals surface area contributed by atoms with Gasteiger partial charge in [0.25, 0.3) is 10.0 Å². The van der Waals surface area contributed by atoms with Crippen LogP contribution in [-0.2, 0) is 14.8 Å². The zero-order valence-corrected chi connectivity index (χ0v) is 18.2. The number of methoxy groups -OCH3 is 2. The number of hydrogen-bond donors (Lipinski definition) is 1. The number of rotatable bonds is 6. The summed E-state index contributed by atoms with van der Waals surface area (Å²) < 4.78 is 38.8. The van der Waals surface area contributed by atoms with Crippen molar-refractivity contribution < 1.29 is 22.7 Å². The van der Waals surface area contributed by atoms with E-state index >= 15 is 0 Å². The van der Waals surface area contributed by atoms with Gasteiger partial charge in [-0.3, -0.25) is 4.72 Å². The topological polar surface area (TPSA) is 81.7 Å². The van der Waals surface area contributed by atoms with E-state index in [2.05, 4.69) is 4.72 Å². The Labute approximate surface area is 178 Å². The van der Waals surface area contributed by atoms with Crippen molar-refractivity contribution in [3.8, 4) is 16.9 Å². The molecule has 0 saturated carbocycles. The Hall–Kier alpha value is -2.55. The lowest BCUT2D eigenvalue weighted by atomic mass is 10.1. The fraction of sp³-hybridized carbons (Fsp3) is 0.150. The van der Waals surface area contributed by atoms with Gasteiger partial charge in [-0.05, 0) is 30.7 Å². The summed E-state index contributed by atoms with van der Waals surface area (Å²) in [5.74, 6) is -0.303. The number of hydrogen-bond acceptors (Lipinski definition) is 6. The van der Waals surface area contributed by atoms with E-state index in [1.807, 2.05) is 31.2 Å². The van der Waals surface area contributed by atoms with Crippen molar-refractivity contribution in [2.45, 2.75) is 11.8 Å². The van der Waals surface area contributed by atoms with Gasteiger partial charge in [-0.25, -0.2) is 13.2 Å². The molecule has 1 heterocycles. The van der Waals surface area contributed by atoms with Crippen LogP contribution in [0.25, 0.3) is 11.1 Å². The molecule has 0 saturated heterocycles. The van der Waals surface area contributed by atoms with Crippen LogP contribution in [0.5, 0.6) is 5.75 Å². The number of aryl methyl sites for hydroxylation is 1. The summed E-state index contributed by atoms with van der Waals surface area (Å²) >= 11 is 7.11. The molecule has 0 aliphatic carbocycles. The molecular formula is C20H18ClNO5S2. The summed E-state index contributed by atoms with van der Waals surface area (Å²) in [6.45, 7) is 1.93. The molecule has 0 amide bonds. The van der Waals surface area contributed by atoms with Crippen molar-refractivity contribution in [1.82, 2.24) is 0 Å². The third kappa shape index (κ3) is 4.39. The normalized spacial score (nSPS) is 11.2. The second-order valence-electron chi connectivity index (χ2n) is 6.12. The number of nitrogens with one attached hydrogen (secondary N) is 1. The van der Waals surface area contributed by atoms with Crippen LogP contribution in [-0.4, -0.2) is 28.6 Å². The third-order valence-electron chi connectivity index (χ3n) is 4.15. The van der Waals surface area contributed by atoms with Gasteiger partial charge in [0.1, 0.15) is 15.5 Å². The first-order valence-electron chi connectivity index (χ1n) is 8.40. The maximum absolute atomic E-state index is 13.2.